The van der Waals surface area contributed by atoms with Gasteiger partial charge in [0.05, 0.1) is 0 Å². The van der Waals surface area contributed by atoms with Crippen molar-refractivity contribution in [2.24, 2.45) is 0 Å². The van der Waals surface area contributed by atoms with Gasteiger partial charge >= 0.3 is 0 Å². The highest BCUT2D eigenvalue weighted by Gasteiger charge is 2.26. The predicted molar refractivity (Wildman–Crippen MR) is 139 cm³/mol. The lowest BCUT2D eigenvalue weighted by molar-refractivity contribution is 0.107. The van der Waals surface area contributed by atoms with Gasteiger partial charge in [0, 0.05) is 5.56 Å². The Balaban J connectivity index is 1.86. The summed E-state index contributed by atoms with van der Waals surface area (Å²) in [5, 5.41) is 5.58. The first-order valence-electron chi connectivity index (χ1n) is 10.7. The van der Waals surface area contributed by atoms with Gasteiger partial charge in [0.2, 0.25) is 0 Å². The van der Waals surface area contributed by atoms with Crippen molar-refractivity contribution in [3.63, 3.8) is 0 Å². The molecule has 0 bridgehead atoms. The first kappa shape index (κ1) is 20.2. The van der Waals surface area contributed by atoms with E-state index in [4.69, 9.17) is 0 Å². The second-order valence-electron chi connectivity index (χ2n) is 7.75. The van der Waals surface area contributed by atoms with E-state index in [-0.39, 0.29) is 5.78 Å². The van der Waals surface area contributed by atoms with Crippen LogP contribution in [-0.2, 0) is 0 Å². The van der Waals surface area contributed by atoms with Crippen LogP contribution in [0.1, 0.15) is 10.4 Å². The highest BCUT2D eigenvalue weighted by molar-refractivity contribution is 7.95. The van der Waals surface area contributed by atoms with Crippen LogP contribution in [0.15, 0.2) is 133 Å². The lowest BCUT2D eigenvalue weighted by Gasteiger charge is -2.28. The lowest BCUT2D eigenvalue weighted by Crippen LogP contribution is -2.28. The van der Waals surface area contributed by atoms with E-state index in [1.807, 2.05) is 54.3 Å². The largest absolute Gasteiger partial charge is 0.289 e. The molecule has 0 aliphatic heterocycles. The van der Waals surface area contributed by atoms with Gasteiger partial charge in [0.1, 0.15) is 0 Å². The Labute approximate surface area is 189 Å². The van der Waals surface area contributed by atoms with Gasteiger partial charge in [-0.1, -0.05) is 133 Å². The standard InChI is InChI=1S/C30H23OP/c31-30(29-22-12-14-24-13-10-11-21-28(24)29)23-32(25-15-4-1-5-16-25,26-17-6-2-7-18-26)27-19-8-3-9-20-27/h1-23H. The molecule has 0 fully saturated rings. The van der Waals surface area contributed by atoms with Gasteiger partial charge in [0.25, 0.3) is 0 Å². The van der Waals surface area contributed by atoms with Gasteiger partial charge in [-0.3, -0.25) is 4.79 Å². The molecule has 5 rings (SSSR count). The van der Waals surface area contributed by atoms with Crippen molar-refractivity contribution < 1.29 is 4.79 Å². The maximum Gasteiger partial charge on any atom is 0.187 e. The Morgan fingerprint density at radius 2 is 0.938 bits per heavy atom. The molecule has 0 heterocycles. The van der Waals surface area contributed by atoms with Crippen molar-refractivity contribution in [1.82, 2.24) is 0 Å². The van der Waals surface area contributed by atoms with E-state index in [1.165, 1.54) is 15.9 Å². The minimum Gasteiger partial charge on any atom is -0.289 e. The van der Waals surface area contributed by atoms with Gasteiger partial charge in [-0.25, -0.2) is 0 Å². The van der Waals surface area contributed by atoms with Crippen LogP contribution >= 0.6 is 6.89 Å². The summed E-state index contributed by atoms with van der Waals surface area (Å²) in [5.74, 6) is 2.07. The topological polar surface area (TPSA) is 17.1 Å². The maximum absolute atomic E-state index is 14.0. The van der Waals surface area contributed by atoms with Crippen molar-refractivity contribution in [3.05, 3.63) is 139 Å². The minimum atomic E-state index is -2.33. The van der Waals surface area contributed by atoms with Crippen LogP contribution in [0.3, 0.4) is 0 Å². The molecule has 0 radical (unpaired) electrons. The molecule has 0 spiro atoms. The molecule has 0 unspecified atom stereocenters. The molecule has 154 valence electrons. The highest BCUT2D eigenvalue weighted by atomic mass is 31.2. The summed E-state index contributed by atoms with van der Waals surface area (Å²) in [4.78, 5) is 14.0. The average molecular weight is 430 g/mol. The van der Waals surface area contributed by atoms with E-state index < -0.39 is 6.89 Å². The van der Waals surface area contributed by atoms with E-state index in [2.05, 4.69) is 84.9 Å². The third-order valence-electron chi connectivity index (χ3n) is 5.86. The zero-order valence-corrected chi connectivity index (χ0v) is 18.5. The molecule has 0 aromatic heterocycles. The molecule has 1 nitrogen and oxygen atoms in total. The Morgan fingerprint density at radius 3 is 1.47 bits per heavy atom. The molecule has 0 saturated heterocycles. The molecular formula is C30H23OP. The number of hydrogen-bond donors (Lipinski definition) is 0. The number of rotatable bonds is 5. The number of ketones is 1. The fourth-order valence-electron chi connectivity index (χ4n) is 4.35. The number of Topliss-reactive ketones (excluding diaryl/α,β-unsaturated/α-hetero) is 1. The Bertz CT molecular complexity index is 1310. The van der Waals surface area contributed by atoms with Crippen molar-refractivity contribution in [1.29, 1.82) is 0 Å². The fraction of sp³-hybridized carbons (Fsp3) is 0. The fourth-order valence-corrected chi connectivity index (χ4v) is 8.11. The summed E-state index contributed by atoms with van der Waals surface area (Å²) in [6.07, 6.45) is 0. The maximum atomic E-state index is 14.0. The SMILES string of the molecule is O=C(C=P(c1ccccc1)(c1ccccc1)c1ccccc1)c1cccc2ccccc12. The van der Waals surface area contributed by atoms with Gasteiger partial charge < -0.3 is 0 Å². The van der Waals surface area contributed by atoms with E-state index in [1.54, 1.807) is 0 Å². The minimum absolute atomic E-state index is 0.0618. The van der Waals surface area contributed by atoms with Crippen LogP contribution in [0.4, 0.5) is 0 Å². The van der Waals surface area contributed by atoms with Gasteiger partial charge in [-0.05, 0) is 39.4 Å². The molecule has 0 aliphatic rings. The van der Waals surface area contributed by atoms with Crippen molar-refractivity contribution >= 4 is 45.2 Å². The third-order valence-corrected chi connectivity index (χ3v) is 9.82. The summed E-state index contributed by atoms with van der Waals surface area (Å²) in [5.41, 5.74) is 0.746. The Morgan fingerprint density at radius 1 is 0.500 bits per heavy atom. The summed E-state index contributed by atoms with van der Waals surface area (Å²) in [6, 6.07) is 45.4. The van der Waals surface area contributed by atoms with Crippen LogP contribution in [-0.4, -0.2) is 11.6 Å². The van der Waals surface area contributed by atoms with E-state index >= 15 is 0 Å². The number of hydrogen-bond acceptors (Lipinski definition) is 1. The highest BCUT2D eigenvalue weighted by Crippen LogP contribution is 2.44. The second-order valence-corrected chi connectivity index (χ2v) is 11.0. The summed E-state index contributed by atoms with van der Waals surface area (Å²) >= 11 is 0. The molecular weight excluding hydrogens is 407 g/mol. The second kappa shape index (κ2) is 8.83. The normalized spacial score (nSPS) is 11.2. The van der Waals surface area contributed by atoms with Gasteiger partial charge in [-0.2, -0.15) is 0 Å². The molecule has 0 saturated carbocycles. The predicted octanol–water partition coefficient (Wildman–Crippen LogP) is 5.82. The van der Waals surface area contributed by atoms with Crippen molar-refractivity contribution in [2.75, 3.05) is 0 Å². The van der Waals surface area contributed by atoms with E-state index in [9.17, 15) is 4.79 Å². The van der Waals surface area contributed by atoms with Gasteiger partial charge in [0.15, 0.2) is 5.78 Å². The molecule has 32 heavy (non-hydrogen) atoms. The monoisotopic (exact) mass is 430 g/mol. The third kappa shape index (κ3) is 3.62. The first-order chi connectivity index (χ1) is 15.8. The average Bonchev–Trinajstić information content (AvgIpc) is 2.88. The zero-order chi connectivity index (χ0) is 21.8. The first-order valence-corrected chi connectivity index (χ1v) is 12.6. The zero-order valence-electron chi connectivity index (χ0n) is 17.6. The summed E-state index contributed by atoms with van der Waals surface area (Å²) in [7, 11) is 0. The lowest BCUT2D eigenvalue weighted by atomic mass is 10.0. The molecule has 5 aromatic rings. The van der Waals surface area contributed by atoms with Crippen LogP contribution in [0.25, 0.3) is 10.8 Å². The Hall–Kier alpha value is -3.67. The molecule has 0 aliphatic carbocycles. The Kier molecular flexibility index (Phi) is 5.58. The molecule has 0 amide bonds. The van der Waals surface area contributed by atoms with Crippen molar-refractivity contribution in [2.45, 2.75) is 0 Å². The number of fused-ring (bicyclic) bond motifs is 1. The molecule has 5 aromatic carbocycles. The smallest absolute Gasteiger partial charge is 0.187 e. The molecule has 0 N–H and O–H groups in total. The number of carbonyl (C=O) groups is 1. The summed E-state index contributed by atoms with van der Waals surface area (Å²) < 4.78 is 0. The van der Waals surface area contributed by atoms with Crippen molar-refractivity contribution in [3.8, 4) is 0 Å². The summed E-state index contributed by atoms with van der Waals surface area (Å²) in [6.45, 7) is -2.33. The van der Waals surface area contributed by atoms with Crippen LogP contribution in [0, 0.1) is 0 Å². The van der Waals surface area contributed by atoms with Crippen LogP contribution < -0.4 is 15.9 Å². The molecule has 0 atom stereocenters. The van der Waals surface area contributed by atoms with Crippen LogP contribution in [0.2, 0.25) is 0 Å². The van der Waals surface area contributed by atoms with Crippen LogP contribution in [0.5, 0.6) is 0 Å². The van der Waals surface area contributed by atoms with E-state index in [0.717, 1.165) is 16.3 Å². The number of carbonyl (C=O) groups excluding carboxylic acids is 1. The van der Waals surface area contributed by atoms with E-state index in [0.29, 0.717) is 0 Å². The number of benzene rings is 5. The molecule has 2 heteroatoms. The van der Waals surface area contributed by atoms with Gasteiger partial charge in [-0.15, -0.1) is 0 Å². The quantitative estimate of drug-likeness (QED) is 0.254.